The van der Waals surface area contributed by atoms with Gasteiger partial charge in [0.1, 0.15) is 5.75 Å². The standard InChI is InChI=1S/C23H33F3N4O3/c1-3-19-6-4-5-11-30(19)22(32)17(2)29-14-12-28(13-15-29)16-21(31)27-18-7-9-20(10-8-18)33-23(24,25)26/h7-10,17,19H,3-6,11-16H2,1-2H3,(H,27,31)/t17-,19-/m1/s1. The Balaban J connectivity index is 1.43. The van der Waals surface area contributed by atoms with Crippen molar-refractivity contribution >= 4 is 17.5 Å². The summed E-state index contributed by atoms with van der Waals surface area (Å²) in [5.74, 6) is -0.378. The molecule has 2 heterocycles. The number of anilines is 1. The molecular weight excluding hydrogens is 437 g/mol. The van der Waals surface area contributed by atoms with E-state index in [-0.39, 0.29) is 30.2 Å². The van der Waals surface area contributed by atoms with E-state index < -0.39 is 6.36 Å². The van der Waals surface area contributed by atoms with Crippen LogP contribution in [0.15, 0.2) is 24.3 Å². The average molecular weight is 471 g/mol. The molecule has 184 valence electrons. The zero-order chi connectivity index (χ0) is 24.0. The minimum atomic E-state index is -4.75. The Hall–Kier alpha value is -2.33. The molecule has 0 spiro atoms. The van der Waals surface area contributed by atoms with Gasteiger partial charge in [0.2, 0.25) is 11.8 Å². The van der Waals surface area contributed by atoms with Crippen LogP contribution in [0.3, 0.4) is 0 Å². The summed E-state index contributed by atoms with van der Waals surface area (Å²) in [5, 5.41) is 2.69. The lowest BCUT2D eigenvalue weighted by molar-refractivity contribution is -0.274. The van der Waals surface area contributed by atoms with Crippen LogP contribution in [-0.4, -0.2) is 84.2 Å². The lowest BCUT2D eigenvalue weighted by Crippen LogP contribution is -2.57. The Labute approximate surface area is 192 Å². The van der Waals surface area contributed by atoms with Gasteiger partial charge in [-0.25, -0.2) is 0 Å². The van der Waals surface area contributed by atoms with Crippen LogP contribution in [0.4, 0.5) is 18.9 Å². The van der Waals surface area contributed by atoms with Crippen LogP contribution in [0.5, 0.6) is 5.75 Å². The number of hydrogen-bond acceptors (Lipinski definition) is 5. The zero-order valence-corrected chi connectivity index (χ0v) is 19.2. The van der Waals surface area contributed by atoms with Gasteiger partial charge in [0.05, 0.1) is 12.6 Å². The number of rotatable bonds is 7. The number of halogens is 3. The first-order valence-corrected chi connectivity index (χ1v) is 11.6. The van der Waals surface area contributed by atoms with Gasteiger partial charge >= 0.3 is 6.36 Å². The Morgan fingerprint density at radius 3 is 2.36 bits per heavy atom. The molecule has 3 rings (SSSR count). The maximum absolute atomic E-state index is 13.1. The monoisotopic (exact) mass is 470 g/mol. The number of likely N-dealkylation sites (tertiary alicyclic amines) is 1. The van der Waals surface area contributed by atoms with Crippen LogP contribution in [0, 0.1) is 0 Å². The van der Waals surface area contributed by atoms with Crippen molar-refractivity contribution < 1.29 is 27.5 Å². The van der Waals surface area contributed by atoms with E-state index in [1.54, 1.807) is 0 Å². The Morgan fingerprint density at radius 1 is 1.09 bits per heavy atom. The van der Waals surface area contributed by atoms with E-state index >= 15 is 0 Å². The third kappa shape index (κ3) is 7.33. The molecule has 0 bridgehead atoms. The molecule has 0 saturated carbocycles. The molecule has 0 unspecified atom stereocenters. The zero-order valence-electron chi connectivity index (χ0n) is 19.2. The first-order chi connectivity index (χ1) is 15.7. The molecule has 0 aromatic heterocycles. The lowest BCUT2D eigenvalue weighted by Gasteiger charge is -2.42. The molecule has 2 atom stereocenters. The number of piperidine rings is 1. The Bertz CT molecular complexity index is 795. The fraction of sp³-hybridized carbons (Fsp3) is 0.652. The van der Waals surface area contributed by atoms with E-state index in [1.807, 2.05) is 11.8 Å². The normalized spacial score (nSPS) is 21.5. The number of ether oxygens (including phenoxy) is 1. The van der Waals surface area contributed by atoms with Gasteiger partial charge in [-0.3, -0.25) is 19.4 Å². The maximum atomic E-state index is 13.1. The topological polar surface area (TPSA) is 65.1 Å². The summed E-state index contributed by atoms with van der Waals surface area (Å²) < 4.78 is 40.5. The predicted octanol–water partition coefficient (Wildman–Crippen LogP) is 3.32. The average Bonchev–Trinajstić information content (AvgIpc) is 2.79. The van der Waals surface area contributed by atoms with Crippen LogP contribution in [0.1, 0.15) is 39.5 Å². The molecule has 1 aromatic rings. The number of carbonyl (C=O) groups is 2. The van der Waals surface area contributed by atoms with Crippen molar-refractivity contribution in [2.24, 2.45) is 0 Å². The van der Waals surface area contributed by atoms with Crippen LogP contribution in [0.25, 0.3) is 0 Å². The minimum absolute atomic E-state index is 0.175. The molecular formula is C23H33F3N4O3. The van der Waals surface area contributed by atoms with Crippen LogP contribution in [-0.2, 0) is 9.59 Å². The molecule has 33 heavy (non-hydrogen) atoms. The third-order valence-corrected chi connectivity index (χ3v) is 6.43. The highest BCUT2D eigenvalue weighted by molar-refractivity contribution is 5.92. The van der Waals surface area contributed by atoms with E-state index in [4.69, 9.17) is 0 Å². The SMILES string of the molecule is CC[C@@H]1CCCCN1C(=O)[C@@H](C)N1CCN(CC(=O)Nc2ccc(OC(F)(F)F)cc2)CC1. The highest BCUT2D eigenvalue weighted by Gasteiger charge is 2.33. The molecule has 10 heteroatoms. The van der Waals surface area contributed by atoms with Gasteiger partial charge in [-0.15, -0.1) is 13.2 Å². The fourth-order valence-corrected chi connectivity index (χ4v) is 4.56. The van der Waals surface area contributed by atoms with Crippen molar-refractivity contribution in [2.45, 2.75) is 58.0 Å². The number of benzene rings is 1. The van der Waals surface area contributed by atoms with Crippen molar-refractivity contribution in [3.8, 4) is 5.75 Å². The molecule has 2 saturated heterocycles. The van der Waals surface area contributed by atoms with Crippen molar-refractivity contribution in [3.05, 3.63) is 24.3 Å². The van der Waals surface area contributed by atoms with Crippen LogP contribution in [0.2, 0.25) is 0 Å². The van der Waals surface area contributed by atoms with Crippen LogP contribution < -0.4 is 10.1 Å². The van der Waals surface area contributed by atoms with Gasteiger partial charge in [-0.2, -0.15) is 0 Å². The van der Waals surface area contributed by atoms with Crippen molar-refractivity contribution in [3.63, 3.8) is 0 Å². The number of nitrogens with one attached hydrogen (secondary N) is 1. The maximum Gasteiger partial charge on any atom is 0.573 e. The molecule has 2 aliphatic heterocycles. The number of hydrogen-bond donors (Lipinski definition) is 1. The van der Waals surface area contributed by atoms with Gasteiger partial charge in [-0.1, -0.05) is 6.92 Å². The molecule has 2 aliphatic rings. The molecule has 7 nitrogen and oxygen atoms in total. The first kappa shape index (κ1) is 25.3. The van der Waals surface area contributed by atoms with E-state index in [1.165, 1.54) is 18.6 Å². The second kappa shape index (κ2) is 11.2. The first-order valence-electron chi connectivity index (χ1n) is 11.6. The molecule has 1 aromatic carbocycles. The predicted molar refractivity (Wildman–Crippen MR) is 119 cm³/mol. The molecule has 2 fully saturated rings. The number of carbonyl (C=O) groups excluding carboxylic acids is 2. The number of amides is 2. The minimum Gasteiger partial charge on any atom is -0.406 e. The summed E-state index contributed by atoms with van der Waals surface area (Å²) in [6, 6.07) is 5.22. The van der Waals surface area contributed by atoms with E-state index in [0.29, 0.717) is 37.9 Å². The van der Waals surface area contributed by atoms with Gasteiger partial charge in [0.15, 0.2) is 0 Å². The van der Waals surface area contributed by atoms with Gasteiger partial charge in [0, 0.05) is 44.5 Å². The summed E-state index contributed by atoms with van der Waals surface area (Å²) in [5.41, 5.74) is 0.402. The quantitative estimate of drug-likeness (QED) is 0.663. The highest BCUT2D eigenvalue weighted by atomic mass is 19.4. The Morgan fingerprint density at radius 2 is 1.76 bits per heavy atom. The number of piperazine rings is 1. The molecule has 1 N–H and O–H groups in total. The van der Waals surface area contributed by atoms with Gasteiger partial charge in [-0.05, 0) is 56.9 Å². The Kier molecular flexibility index (Phi) is 8.58. The van der Waals surface area contributed by atoms with Gasteiger partial charge < -0.3 is 15.0 Å². The second-order valence-electron chi connectivity index (χ2n) is 8.70. The third-order valence-electron chi connectivity index (χ3n) is 6.43. The van der Waals surface area contributed by atoms with Crippen molar-refractivity contribution in [1.29, 1.82) is 0 Å². The summed E-state index contributed by atoms with van der Waals surface area (Å²) in [7, 11) is 0. The molecule has 0 aliphatic carbocycles. The fourth-order valence-electron chi connectivity index (χ4n) is 4.56. The summed E-state index contributed by atoms with van der Waals surface area (Å²) in [6.45, 7) is 7.86. The summed E-state index contributed by atoms with van der Waals surface area (Å²) >= 11 is 0. The number of nitrogens with zero attached hydrogens (tertiary/aromatic N) is 3. The van der Waals surface area contributed by atoms with E-state index in [9.17, 15) is 22.8 Å². The van der Waals surface area contributed by atoms with Crippen LogP contribution >= 0.6 is 0 Å². The number of alkyl halides is 3. The largest absolute Gasteiger partial charge is 0.573 e. The summed E-state index contributed by atoms with van der Waals surface area (Å²) in [6.07, 6.45) is -0.436. The lowest BCUT2D eigenvalue weighted by atomic mass is 9.99. The second-order valence-corrected chi connectivity index (χ2v) is 8.70. The van der Waals surface area contributed by atoms with Crippen molar-refractivity contribution in [2.75, 3.05) is 44.6 Å². The molecule has 2 amide bonds. The summed E-state index contributed by atoms with van der Waals surface area (Å²) in [4.78, 5) is 31.7. The van der Waals surface area contributed by atoms with Gasteiger partial charge in [0.25, 0.3) is 0 Å². The van der Waals surface area contributed by atoms with E-state index in [0.717, 1.165) is 37.9 Å². The highest BCUT2D eigenvalue weighted by Crippen LogP contribution is 2.24. The van der Waals surface area contributed by atoms with E-state index in [2.05, 4.69) is 26.8 Å². The molecule has 0 radical (unpaired) electrons. The smallest absolute Gasteiger partial charge is 0.406 e. The van der Waals surface area contributed by atoms with Crippen molar-refractivity contribution in [1.82, 2.24) is 14.7 Å².